The molecule has 4 rings (SSSR count). The van der Waals surface area contributed by atoms with Gasteiger partial charge in [-0.05, 0) is 47.0 Å². The van der Waals surface area contributed by atoms with E-state index in [1.807, 2.05) is 6.07 Å². The summed E-state index contributed by atoms with van der Waals surface area (Å²) in [6.45, 7) is 0.205. The Labute approximate surface area is 164 Å². The lowest BCUT2D eigenvalue weighted by molar-refractivity contribution is 0.628. The minimum absolute atomic E-state index is 0.0639. The van der Waals surface area contributed by atoms with E-state index in [9.17, 15) is 14.0 Å². The van der Waals surface area contributed by atoms with E-state index in [0.717, 1.165) is 0 Å². The largest absolute Gasteiger partial charge is 0.382 e. The van der Waals surface area contributed by atoms with Gasteiger partial charge in [0.1, 0.15) is 41.2 Å². The molecule has 2 aromatic heterocycles. The first-order valence-electron chi connectivity index (χ1n) is 8.64. The Hall–Kier alpha value is -4.12. The molecule has 0 amide bonds. The van der Waals surface area contributed by atoms with Crippen molar-refractivity contribution >= 4 is 22.5 Å². The first kappa shape index (κ1) is 18.3. The summed E-state index contributed by atoms with van der Waals surface area (Å²) in [7, 11) is 0. The fourth-order valence-electron chi connectivity index (χ4n) is 3.15. The van der Waals surface area contributed by atoms with Gasteiger partial charge in [0.15, 0.2) is 0 Å². The topological polar surface area (TPSA) is 101 Å². The molecule has 0 atom stereocenters. The van der Waals surface area contributed by atoms with Crippen LogP contribution in [0.3, 0.4) is 0 Å². The molecule has 0 aliphatic carbocycles. The van der Waals surface area contributed by atoms with Gasteiger partial charge in [0, 0.05) is 18.1 Å². The molecule has 0 saturated carbocycles. The third-order valence-corrected chi connectivity index (χ3v) is 4.46. The number of nitrogens with two attached hydrogens (primary N) is 1. The number of pyridine rings is 1. The molecule has 4 aromatic rings. The van der Waals surface area contributed by atoms with Gasteiger partial charge in [0.25, 0.3) is 0 Å². The Bertz CT molecular complexity index is 1270. The van der Waals surface area contributed by atoms with E-state index in [0.29, 0.717) is 27.6 Å². The van der Waals surface area contributed by atoms with E-state index in [1.165, 1.54) is 30.6 Å². The monoisotopic (exact) mass is 388 g/mol. The van der Waals surface area contributed by atoms with Gasteiger partial charge in [-0.15, -0.1) is 0 Å². The van der Waals surface area contributed by atoms with Crippen LogP contribution in [0.4, 0.5) is 20.4 Å². The van der Waals surface area contributed by atoms with Crippen LogP contribution in [0.5, 0.6) is 0 Å². The average Bonchev–Trinajstić information content (AvgIpc) is 2.71. The molecule has 29 heavy (non-hydrogen) atoms. The molecule has 0 saturated heterocycles. The van der Waals surface area contributed by atoms with E-state index in [1.54, 1.807) is 24.4 Å². The van der Waals surface area contributed by atoms with Crippen LogP contribution in [0, 0.1) is 23.0 Å². The molecule has 0 aliphatic rings. The second-order valence-corrected chi connectivity index (χ2v) is 6.28. The summed E-state index contributed by atoms with van der Waals surface area (Å²) in [5, 5.41) is 12.9. The molecule has 6 nitrogen and oxygen atoms in total. The van der Waals surface area contributed by atoms with Crippen LogP contribution in [-0.4, -0.2) is 15.0 Å². The quantitative estimate of drug-likeness (QED) is 0.547. The zero-order valence-electron chi connectivity index (χ0n) is 15.0. The number of nitriles is 1. The first-order chi connectivity index (χ1) is 14.1. The summed E-state index contributed by atoms with van der Waals surface area (Å²) >= 11 is 0. The van der Waals surface area contributed by atoms with Crippen LogP contribution >= 0.6 is 0 Å². The molecule has 0 bridgehead atoms. The van der Waals surface area contributed by atoms with E-state index >= 15 is 0 Å². The van der Waals surface area contributed by atoms with E-state index in [2.05, 4.69) is 20.3 Å². The maximum absolute atomic E-state index is 14.0. The molecule has 8 heteroatoms. The molecule has 0 unspecified atom stereocenters. The lowest BCUT2D eigenvalue weighted by Gasteiger charge is -2.15. The predicted molar refractivity (Wildman–Crippen MR) is 106 cm³/mol. The van der Waals surface area contributed by atoms with Crippen LogP contribution in [0.2, 0.25) is 0 Å². The summed E-state index contributed by atoms with van der Waals surface area (Å²) in [5.41, 5.74) is 8.33. The molecular weight excluding hydrogens is 374 g/mol. The van der Waals surface area contributed by atoms with Gasteiger partial charge < -0.3 is 11.1 Å². The van der Waals surface area contributed by atoms with Gasteiger partial charge in [-0.25, -0.2) is 18.7 Å². The van der Waals surface area contributed by atoms with Crippen molar-refractivity contribution in [2.45, 2.75) is 6.54 Å². The smallest absolute Gasteiger partial charge is 0.149 e. The fraction of sp³-hybridized carbons (Fsp3) is 0.0476. The van der Waals surface area contributed by atoms with Crippen LogP contribution in [0.15, 0.2) is 55.0 Å². The zero-order valence-corrected chi connectivity index (χ0v) is 15.0. The normalized spacial score (nSPS) is 10.7. The van der Waals surface area contributed by atoms with Crippen molar-refractivity contribution < 1.29 is 8.78 Å². The maximum Gasteiger partial charge on any atom is 0.149 e. The number of benzene rings is 2. The van der Waals surface area contributed by atoms with Crippen molar-refractivity contribution in [3.8, 4) is 17.2 Å². The van der Waals surface area contributed by atoms with Gasteiger partial charge in [0.2, 0.25) is 0 Å². The Kier molecular flexibility index (Phi) is 4.71. The molecule has 2 heterocycles. The Morgan fingerprint density at radius 1 is 1.03 bits per heavy atom. The zero-order chi connectivity index (χ0) is 20.4. The highest BCUT2D eigenvalue weighted by Crippen LogP contribution is 2.32. The highest BCUT2D eigenvalue weighted by atomic mass is 19.1. The standard InChI is InChI=1S/C21H14F2N6/c22-14-3-1-2-12(6-14)19-13(9-26-18-5-4-15(23)7-16(18)19)10-27-21-17(8-24)20(25)28-11-29-21/h1-7,9,11H,10H2,(H3,25,27,28,29). The van der Waals surface area contributed by atoms with E-state index in [4.69, 9.17) is 5.73 Å². The predicted octanol–water partition coefficient (Wildman–Crippen LogP) is 4.04. The molecule has 142 valence electrons. The van der Waals surface area contributed by atoms with Gasteiger partial charge in [-0.1, -0.05) is 12.1 Å². The van der Waals surface area contributed by atoms with Crippen molar-refractivity contribution in [3.63, 3.8) is 0 Å². The highest BCUT2D eigenvalue weighted by molar-refractivity contribution is 5.96. The second-order valence-electron chi connectivity index (χ2n) is 6.28. The summed E-state index contributed by atoms with van der Waals surface area (Å²) < 4.78 is 27.8. The second kappa shape index (κ2) is 7.48. The van der Waals surface area contributed by atoms with Gasteiger partial charge >= 0.3 is 0 Å². The molecular formula is C21H14F2N6. The number of nitrogens with one attached hydrogen (secondary N) is 1. The van der Waals surface area contributed by atoms with Crippen LogP contribution in [0.25, 0.3) is 22.0 Å². The summed E-state index contributed by atoms with van der Waals surface area (Å²) in [6.07, 6.45) is 2.88. The maximum atomic E-state index is 14.0. The van der Waals surface area contributed by atoms with Gasteiger partial charge in [-0.2, -0.15) is 5.26 Å². The number of halogens is 2. The molecule has 0 spiro atoms. The van der Waals surface area contributed by atoms with Crippen molar-refractivity contribution in [1.29, 1.82) is 5.26 Å². The summed E-state index contributed by atoms with van der Waals surface area (Å²) in [5.74, 6) is -0.492. The Morgan fingerprint density at radius 2 is 1.86 bits per heavy atom. The van der Waals surface area contributed by atoms with Crippen LogP contribution in [0.1, 0.15) is 11.1 Å². The SMILES string of the molecule is N#Cc1c(N)ncnc1NCc1cnc2ccc(F)cc2c1-c1cccc(F)c1. The van der Waals surface area contributed by atoms with Crippen molar-refractivity contribution in [2.75, 3.05) is 11.1 Å². The number of nitrogens with zero attached hydrogens (tertiary/aromatic N) is 4. The third kappa shape index (κ3) is 3.53. The highest BCUT2D eigenvalue weighted by Gasteiger charge is 2.14. The van der Waals surface area contributed by atoms with Gasteiger partial charge in [-0.3, -0.25) is 4.98 Å². The van der Waals surface area contributed by atoms with Crippen molar-refractivity contribution in [1.82, 2.24) is 15.0 Å². The number of fused-ring (bicyclic) bond motifs is 1. The molecule has 0 radical (unpaired) electrons. The average molecular weight is 388 g/mol. The number of aromatic nitrogens is 3. The van der Waals surface area contributed by atoms with Crippen LogP contribution < -0.4 is 11.1 Å². The Balaban J connectivity index is 1.84. The third-order valence-electron chi connectivity index (χ3n) is 4.46. The number of rotatable bonds is 4. The number of hydrogen-bond acceptors (Lipinski definition) is 6. The summed E-state index contributed by atoms with van der Waals surface area (Å²) in [6, 6.07) is 12.3. The summed E-state index contributed by atoms with van der Waals surface area (Å²) in [4.78, 5) is 12.2. The van der Waals surface area contributed by atoms with Crippen molar-refractivity contribution in [2.24, 2.45) is 0 Å². The number of anilines is 2. The van der Waals surface area contributed by atoms with Crippen molar-refractivity contribution in [3.05, 3.63) is 77.8 Å². The minimum Gasteiger partial charge on any atom is -0.382 e. The first-order valence-corrected chi connectivity index (χ1v) is 8.64. The van der Waals surface area contributed by atoms with E-state index < -0.39 is 11.6 Å². The molecule has 0 aliphatic heterocycles. The Morgan fingerprint density at radius 3 is 2.66 bits per heavy atom. The minimum atomic E-state index is -0.419. The molecule has 2 aromatic carbocycles. The lowest BCUT2D eigenvalue weighted by Crippen LogP contribution is -2.08. The van der Waals surface area contributed by atoms with E-state index in [-0.39, 0.29) is 23.7 Å². The lowest BCUT2D eigenvalue weighted by atomic mass is 9.96. The van der Waals surface area contributed by atoms with Gasteiger partial charge in [0.05, 0.1) is 5.52 Å². The fourth-order valence-corrected chi connectivity index (χ4v) is 3.15. The number of nitrogen functional groups attached to an aromatic ring is 1. The molecule has 0 fully saturated rings. The van der Waals surface area contributed by atoms with Crippen LogP contribution in [-0.2, 0) is 6.54 Å². The molecule has 3 N–H and O–H groups in total. The number of hydrogen-bond donors (Lipinski definition) is 2.